The third-order valence-corrected chi connectivity index (χ3v) is 4.08. The van der Waals surface area contributed by atoms with Crippen LogP contribution >= 0.6 is 0 Å². The third-order valence-electron chi connectivity index (χ3n) is 4.08. The van der Waals surface area contributed by atoms with Gasteiger partial charge in [-0.1, -0.05) is 12.1 Å². The van der Waals surface area contributed by atoms with Crippen molar-refractivity contribution in [2.24, 2.45) is 0 Å². The summed E-state index contributed by atoms with van der Waals surface area (Å²) in [6.07, 6.45) is 1.93. The number of benzene rings is 1. The maximum atomic E-state index is 12.3. The second kappa shape index (κ2) is 8.35. The number of para-hydroxylation sites is 1. The number of rotatable bonds is 7. The molecule has 0 fully saturated rings. The smallest absolute Gasteiger partial charge is 0.328 e. The minimum Gasteiger partial charge on any atom is -0.389 e. The summed E-state index contributed by atoms with van der Waals surface area (Å²) in [5, 5.41) is 15.9. The Labute approximate surface area is 158 Å². The van der Waals surface area contributed by atoms with Crippen molar-refractivity contribution in [3.63, 3.8) is 0 Å². The van der Waals surface area contributed by atoms with E-state index in [0.29, 0.717) is 11.1 Å². The number of aliphatic hydroxyl groups is 1. The molecule has 0 aliphatic carbocycles. The molecule has 0 aliphatic heterocycles. The summed E-state index contributed by atoms with van der Waals surface area (Å²) in [6.45, 7) is -0.470. The lowest BCUT2D eigenvalue weighted by atomic mass is 10.1. The molecule has 0 aliphatic rings. The van der Waals surface area contributed by atoms with Gasteiger partial charge in [-0.3, -0.25) is 23.9 Å². The Morgan fingerprint density at radius 1 is 1.11 bits per heavy atom. The Bertz CT molecular complexity index is 1110. The van der Waals surface area contributed by atoms with Crippen LogP contribution in [0.15, 0.2) is 52.3 Å². The average molecular weight is 385 g/mol. The number of nitrogens with zero attached hydrogens (tertiary/aromatic N) is 1. The largest absolute Gasteiger partial charge is 0.389 e. The van der Waals surface area contributed by atoms with Crippen molar-refractivity contribution in [2.45, 2.75) is 12.6 Å². The first-order valence-corrected chi connectivity index (χ1v) is 8.53. The van der Waals surface area contributed by atoms with Crippen molar-refractivity contribution >= 4 is 22.7 Å². The predicted molar refractivity (Wildman–Crippen MR) is 101 cm³/mol. The average Bonchev–Trinajstić information content (AvgIpc) is 3.15. The van der Waals surface area contributed by atoms with E-state index in [1.54, 1.807) is 18.3 Å². The number of aliphatic hydroxyl groups excluding tert-OH is 1. The summed E-state index contributed by atoms with van der Waals surface area (Å²) in [5.41, 5.74) is -0.0952. The number of hydrogen-bond donors (Lipinski definition) is 5. The van der Waals surface area contributed by atoms with Crippen LogP contribution in [0.25, 0.3) is 10.9 Å². The molecule has 0 unspecified atom stereocenters. The van der Waals surface area contributed by atoms with Gasteiger partial charge in [0.15, 0.2) is 0 Å². The maximum Gasteiger partial charge on any atom is 0.328 e. The van der Waals surface area contributed by atoms with Crippen LogP contribution in [0.2, 0.25) is 0 Å². The van der Waals surface area contributed by atoms with Gasteiger partial charge in [0, 0.05) is 36.9 Å². The summed E-state index contributed by atoms with van der Waals surface area (Å²) >= 11 is 0. The van der Waals surface area contributed by atoms with Gasteiger partial charge < -0.3 is 20.7 Å². The molecule has 28 heavy (non-hydrogen) atoms. The minimum absolute atomic E-state index is 0.0607. The van der Waals surface area contributed by atoms with E-state index in [2.05, 4.69) is 15.6 Å². The minimum atomic E-state index is -1.01. The monoisotopic (exact) mass is 385 g/mol. The molecule has 3 rings (SSSR count). The first-order valence-electron chi connectivity index (χ1n) is 8.53. The van der Waals surface area contributed by atoms with Gasteiger partial charge in [-0.2, -0.15) is 0 Å². The lowest BCUT2D eigenvalue weighted by molar-refractivity contribution is -0.122. The summed E-state index contributed by atoms with van der Waals surface area (Å²) in [5.74, 6) is -0.867. The molecule has 2 aromatic heterocycles. The van der Waals surface area contributed by atoms with Crippen molar-refractivity contribution in [3.8, 4) is 0 Å². The molecule has 0 radical (unpaired) electrons. The molecule has 0 bridgehead atoms. The highest BCUT2D eigenvalue weighted by Gasteiger charge is 2.13. The molecule has 2 heterocycles. The van der Waals surface area contributed by atoms with E-state index in [0.717, 1.165) is 16.0 Å². The van der Waals surface area contributed by atoms with Crippen molar-refractivity contribution in [1.82, 2.24) is 25.2 Å². The van der Waals surface area contributed by atoms with E-state index < -0.39 is 23.3 Å². The van der Waals surface area contributed by atoms with Gasteiger partial charge in [0.2, 0.25) is 5.91 Å². The molecule has 5 N–H and O–H groups in total. The Hall–Kier alpha value is -3.66. The lowest BCUT2D eigenvalue weighted by Gasteiger charge is -2.13. The first kappa shape index (κ1) is 19.1. The second-order valence-corrected chi connectivity index (χ2v) is 6.15. The fourth-order valence-corrected chi connectivity index (χ4v) is 2.66. The summed E-state index contributed by atoms with van der Waals surface area (Å²) in [7, 11) is 0. The Morgan fingerprint density at radius 3 is 2.68 bits per heavy atom. The van der Waals surface area contributed by atoms with Crippen LogP contribution in [-0.2, 0) is 11.3 Å². The number of aromatic amines is 2. The molecule has 0 spiro atoms. The molecular formula is C18H19N5O5. The SMILES string of the molecule is O=C(Cn1ccc(=O)[nH]c1=O)NC[C@H](O)CNC(=O)c1cccc2cc[nH]c12. The van der Waals surface area contributed by atoms with Crippen LogP contribution in [0.1, 0.15) is 10.4 Å². The molecule has 10 heteroatoms. The Morgan fingerprint density at radius 2 is 1.89 bits per heavy atom. The van der Waals surface area contributed by atoms with Crippen LogP contribution in [0.4, 0.5) is 0 Å². The zero-order valence-corrected chi connectivity index (χ0v) is 14.8. The zero-order valence-electron chi connectivity index (χ0n) is 14.8. The topological polar surface area (TPSA) is 149 Å². The fourth-order valence-electron chi connectivity index (χ4n) is 2.66. The Kier molecular flexibility index (Phi) is 5.70. The van der Waals surface area contributed by atoms with E-state index in [4.69, 9.17) is 0 Å². The maximum absolute atomic E-state index is 12.3. The van der Waals surface area contributed by atoms with Crippen LogP contribution < -0.4 is 21.9 Å². The second-order valence-electron chi connectivity index (χ2n) is 6.15. The molecule has 1 atom stereocenters. The zero-order chi connectivity index (χ0) is 20.1. The van der Waals surface area contributed by atoms with Gasteiger partial charge in [-0.05, 0) is 12.1 Å². The highest BCUT2D eigenvalue weighted by atomic mass is 16.3. The lowest BCUT2D eigenvalue weighted by Crippen LogP contribution is -2.42. The van der Waals surface area contributed by atoms with Crippen LogP contribution in [0.5, 0.6) is 0 Å². The molecular weight excluding hydrogens is 366 g/mol. The van der Waals surface area contributed by atoms with E-state index in [1.165, 1.54) is 6.20 Å². The third kappa shape index (κ3) is 4.54. The number of hydrogen-bond acceptors (Lipinski definition) is 5. The van der Waals surface area contributed by atoms with E-state index in [9.17, 15) is 24.3 Å². The highest BCUT2D eigenvalue weighted by molar-refractivity contribution is 6.05. The number of amides is 2. The van der Waals surface area contributed by atoms with Crippen molar-refractivity contribution < 1.29 is 14.7 Å². The van der Waals surface area contributed by atoms with Crippen LogP contribution in [0, 0.1) is 0 Å². The van der Waals surface area contributed by atoms with Gasteiger partial charge >= 0.3 is 5.69 Å². The Balaban J connectivity index is 1.47. The number of nitrogens with one attached hydrogen (secondary N) is 4. The number of fused-ring (bicyclic) bond motifs is 1. The van der Waals surface area contributed by atoms with E-state index in [-0.39, 0.29) is 25.5 Å². The molecule has 146 valence electrons. The fraction of sp³-hybridized carbons (Fsp3) is 0.222. The summed E-state index contributed by atoms with van der Waals surface area (Å²) in [6, 6.07) is 8.29. The number of H-pyrrole nitrogens is 2. The van der Waals surface area contributed by atoms with Crippen LogP contribution in [-0.4, -0.2) is 50.6 Å². The normalized spacial score (nSPS) is 11.9. The van der Waals surface area contributed by atoms with Gasteiger partial charge in [0.1, 0.15) is 6.54 Å². The summed E-state index contributed by atoms with van der Waals surface area (Å²) < 4.78 is 1.03. The van der Waals surface area contributed by atoms with E-state index >= 15 is 0 Å². The summed E-state index contributed by atoms with van der Waals surface area (Å²) in [4.78, 5) is 51.7. The molecule has 10 nitrogen and oxygen atoms in total. The van der Waals surface area contributed by atoms with Gasteiger partial charge in [0.25, 0.3) is 11.5 Å². The number of carbonyl (C=O) groups excluding carboxylic acids is 2. The molecule has 0 saturated heterocycles. The van der Waals surface area contributed by atoms with Gasteiger partial charge in [-0.15, -0.1) is 0 Å². The van der Waals surface area contributed by atoms with Crippen molar-refractivity contribution in [3.05, 3.63) is 69.1 Å². The van der Waals surface area contributed by atoms with Crippen LogP contribution in [0.3, 0.4) is 0 Å². The number of carbonyl (C=O) groups is 2. The van der Waals surface area contributed by atoms with Crippen molar-refractivity contribution in [1.29, 1.82) is 0 Å². The van der Waals surface area contributed by atoms with E-state index in [1.807, 2.05) is 17.1 Å². The standard InChI is InChI=1S/C18H19N5O5/c24-12(8-20-15(26)10-23-7-5-14(25)22-18(23)28)9-21-17(27)13-3-1-2-11-4-6-19-16(11)13/h1-7,12,19,24H,8-10H2,(H,20,26)(H,21,27)(H,22,25,28)/t12-/m0/s1. The van der Waals surface area contributed by atoms with Gasteiger partial charge in [0.05, 0.1) is 17.2 Å². The predicted octanol–water partition coefficient (Wildman–Crippen LogP) is -1.07. The number of aromatic nitrogens is 3. The van der Waals surface area contributed by atoms with Crippen molar-refractivity contribution in [2.75, 3.05) is 13.1 Å². The first-order chi connectivity index (χ1) is 13.4. The van der Waals surface area contributed by atoms with Gasteiger partial charge in [-0.25, -0.2) is 4.79 Å². The molecule has 0 saturated carbocycles. The molecule has 1 aromatic carbocycles. The molecule has 3 aromatic rings. The highest BCUT2D eigenvalue weighted by Crippen LogP contribution is 2.16. The molecule has 2 amide bonds. The quantitative estimate of drug-likeness (QED) is 0.351.